The third-order valence-corrected chi connectivity index (χ3v) is 10.7. The molecule has 6 nitrogen and oxygen atoms in total. The monoisotopic (exact) mass is 756 g/mol. The van der Waals surface area contributed by atoms with Gasteiger partial charge in [-0.1, -0.05) is 133 Å². The van der Waals surface area contributed by atoms with Crippen LogP contribution in [0.4, 0.5) is 0 Å². The molecule has 6 heteroatoms. The standard InChI is InChI=1S/C53H36N6/c1-2-3-6-21-40-35-58(48-25-13-11-23-45(40)48)43-27-28-50-47(33-43)46-24-12-14-26-49(46)59(50)44-31-41(39-22-15-16-36(29-39)34-54)30-42(32-44)53-56-51(37-17-7-4-8-18-37)55-52(57-53)38-19-9-5-10-20-38/h2-33,35H,1H3/b3-2-,21-6-. The first kappa shape index (κ1) is 35.3. The summed E-state index contributed by atoms with van der Waals surface area (Å²) in [6.07, 6.45) is 10.6. The van der Waals surface area contributed by atoms with Crippen molar-refractivity contribution in [3.05, 3.63) is 205 Å². The molecule has 0 bridgehead atoms. The molecule has 0 aliphatic carbocycles. The van der Waals surface area contributed by atoms with E-state index in [0.717, 1.165) is 72.1 Å². The Hall–Kier alpha value is -8.14. The Morgan fingerprint density at radius 2 is 1.08 bits per heavy atom. The number of rotatable bonds is 8. The summed E-state index contributed by atoms with van der Waals surface area (Å²) in [5, 5.41) is 13.4. The van der Waals surface area contributed by atoms with Crippen molar-refractivity contribution in [1.29, 1.82) is 5.26 Å². The molecule has 0 saturated heterocycles. The van der Waals surface area contributed by atoms with E-state index in [-0.39, 0.29) is 0 Å². The van der Waals surface area contributed by atoms with Crippen LogP contribution >= 0.6 is 0 Å². The molecule has 278 valence electrons. The minimum absolute atomic E-state index is 0.555. The van der Waals surface area contributed by atoms with Crippen LogP contribution in [0.3, 0.4) is 0 Å². The Balaban J connectivity index is 1.21. The highest BCUT2D eigenvalue weighted by molar-refractivity contribution is 6.10. The summed E-state index contributed by atoms with van der Waals surface area (Å²) >= 11 is 0. The van der Waals surface area contributed by atoms with Crippen molar-refractivity contribution < 1.29 is 0 Å². The van der Waals surface area contributed by atoms with E-state index in [2.05, 4.69) is 125 Å². The minimum atomic E-state index is 0.555. The zero-order valence-electron chi connectivity index (χ0n) is 32.2. The van der Waals surface area contributed by atoms with Gasteiger partial charge in [-0.2, -0.15) is 5.26 Å². The fourth-order valence-corrected chi connectivity index (χ4v) is 7.95. The van der Waals surface area contributed by atoms with Gasteiger partial charge in [0.05, 0.1) is 28.2 Å². The van der Waals surface area contributed by atoms with Gasteiger partial charge < -0.3 is 9.13 Å². The smallest absolute Gasteiger partial charge is 0.164 e. The molecule has 10 rings (SSSR count). The maximum absolute atomic E-state index is 9.88. The summed E-state index contributed by atoms with van der Waals surface area (Å²) in [6, 6.07) is 60.4. The molecular weight excluding hydrogens is 721 g/mol. The zero-order valence-corrected chi connectivity index (χ0v) is 32.2. The van der Waals surface area contributed by atoms with E-state index >= 15 is 0 Å². The lowest BCUT2D eigenvalue weighted by atomic mass is 9.99. The quantitative estimate of drug-likeness (QED) is 0.145. The maximum atomic E-state index is 9.88. The van der Waals surface area contributed by atoms with Crippen LogP contribution in [0, 0.1) is 11.3 Å². The van der Waals surface area contributed by atoms with Crippen LogP contribution in [0.25, 0.3) is 95.5 Å². The van der Waals surface area contributed by atoms with Gasteiger partial charge in [-0.15, -0.1) is 0 Å². The second kappa shape index (κ2) is 15.1. The van der Waals surface area contributed by atoms with Gasteiger partial charge in [0.25, 0.3) is 0 Å². The normalized spacial score (nSPS) is 11.7. The Morgan fingerprint density at radius 3 is 1.80 bits per heavy atom. The lowest BCUT2D eigenvalue weighted by Gasteiger charge is -2.15. The van der Waals surface area contributed by atoms with E-state index in [1.807, 2.05) is 97.9 Å². The third kappa shape index (κ3) is 6.57. The summed E-state index contributed by atoms with van der Waals surface area (Å²) in [4.78, 5) is 15.2. The predicted molar refractivity (Wildman–Crippen MR) is 241 cm³/mol. The van der Waals surface area contributed by atoms with Crippen LogP contribution < -0.4 is 0 Å². The van der Waals surface area contributed by atoms with Gasteiger partial charge in [-0.25, -0.2) is 15.0 Å². The average Bonchev–Trinajstić information content (AvgIpc) is 3.85. The topological polar surface area (TPSA) is 72.3 Å². The zero-order chi connectivity index (χ0) is 39.7. The number of fused-ring (bicyclic) bond motifs is 4. The molecule has 0 spiro atoms. The van der Waals surface area contributed by atoms with Gasteiger partial charge in [0.2, 0.25) is 0 Å². The molecule has 0 N–H and O–H groups in total. The number of hydrogen-bond donors (Lipinski definition) is 0. The highest BCUT2D eigenvalue weighted by atomic mass is 15.0. The summed E-state index contributed by atoms with van der Waals surface area (Å²) in [5.74, 6) is 1.74. The van der Waals surface area contributed by atoms with Crippen molar-refractivity contribution >= 4 is 38.8 Å². The Kier molecular flexibility index (Phi) is 9.02. The molecule has 0 unspecified atom stereocenters. The molecule has 59 heavy (non-hydrogen) atoms. The van der Waals surface area contributed by atoms with Crippen molar-refractivity contribution in [3.8, 4) is 62.7 Å². The van der Waals surface area contributed by atoms with Crippen molar-refractivity contribution in [1.82, 2.24) is 24.1 Å². The molecule has 0 atom stereocenters. The molecule has 3 heterocycles. The highest BCUT2D eigenvalue weighted by Gasteiger charge is 2.19. The van der Waals surface area contributed by atoms with Gasteiger partial charge in [-0.3, -0.25) is 0 Å². The summed E-state index contributed by atoms with van der Waals surface area (Å²) < 4.78 is 4.61. The molecule has 7 aromatic carbocycles. The largest absolute Gasteiger partial charge is 0.316 e. The van der Waals surface area contributed by atoms with Crippen LogP contribution in [0.2, 0.25) is 0 Å². The van der Waals surface area contributed by atoms with Crippen LogP contribution in [0.5, 0.6) is 0 Å². The molecule has 0 saturated carbocycles. The molecule has 0 fully saturated rings. The van der Waals surface area contributed by atoms with Crippen LogP contribution in [0.15, 0.2) is 194 Å². The van der Waals surface area contributed by atoms with Crippen LogP contribution in [0.1, 0.15) is 18.1 Å². The average molecular weight is 757 g/mol. The number of aromatic nitrogens is 5. The van der Waals surface area contributed by atoms with Gasteiger partial charge in [0.15, 0.2) is 17.5 Å². The molecular formula is C53H36N6. The van der Waals surface area contributed by atoms with Gasteiger partial charge in [0, 0.05) is 56.0 Å². The molecule has 0 aliphatic rings. The maximum Gasteiger partial charge on any atom is 0.164 e. The molecule has 0 aliphatic heterocycles. The van der Waals surface area contributed by atoms with Gasteiger partial charge >= 0.3 is 0 Å². The van der Waals surface area contributed by atoms with Gasteiger partial charge in [-0.05, 0) is 78.7 Å². The van der Waals surface area contributed by atoms with E-state index in [1.54, 1.807) is 0 Å². The number of nitriles is 1. The van der Waals surface area contributed by atoms with Crippen molar-refractivity contribution in [3.63, 3.8) is 0 Å². The number of hydrogen-bond acceptors (Lipinski definition) is 4. The summed E-state index contributed by atoms with van der Waals surface area (Å²) in [6.45, 7) is 2.03. The highest BCUT2D eigenvalue weighted by Crippen LogP contribution is 2.38. The Bertz CT molecular complexity index is 3230. The summed E-state index contributed by atoms with van der Waals surface area (Å²) in [5.41, 5.74) is 11.6. The second-order valence-electron chi connectivity index (χ2n) is 14.4. The van der Waals surface area contributed by atoms with E-state index in [9.17, 15) is 5.26 Å². The van der Waals surface area contributed by atoms with Crippen LogP contribution in [-0.4, -0.2) is 24.1 Å². The lowest BCUT2D eigenvalue weighted by Crippen LogP contribution is -2.02. The first-order valence-electron chi connectivity index (χ1n) is 19.6. The second-order valence-corrected chi connectivity index (χ2v) is 14.4. The third-order valence-electron chi connectivity index (χ3n) is 10.7. The van der Waals surface area contributed by atoms with Crippen molar-refractivity contribution in [2.24, 2.45) is 0 Å². The Morgan fingerprint density at radius 1 is 0.475 bits per heavy atom. The predicted octanol–water partition coefficient (Wildman–Crippen LogP) is 13.0. The minimum Gasteiger partial charge on any atom is -0.316 e. The fraction of sp³-hybridized carbons (Fsp3) is 0.0189. The first-order chi connectivity index (χ1) is 29.1. The van der Waals surface area contributed by atoms with Crippen molar-refractivity contribution in [2.45, 2.75) is 6.92 Å². The molecule has 3 aromatic heterocycles. The number of allylic oxidation sites excluding steroid dienone is 3. The SMILES string of the molecule is C/C=C\C=C/c1cn(-c2ccc3c(c2)c2ccccc2n3-c2cc(-c3cccc(C#N)c3)cc(-c3nc(-c4ccccc4)nc(-c4ccccc4)n3)c2)c2ccccc12. The van der Waals surface area contributed by atoms with Gasteiger partial charge in [0.1, 0.15) is 0 Å². The molecule has 0 amide bonds. The number of para-hydroxylation sites is 2. The molecule has 0 radical (unpaired) electrons. The van der Waals surface area contributed by atoms with Crippen molar-refractivity contribution in [2.75, 3.05) is 0 Å². The van der Waals surface area contributed by atoms with Crippen LogP contribution in [-0.2, 0) is 0 Å². The number of benzene rings is 7. The fourth-order valence-electron chi connectivity index (χ4n) is 7.95. The Labute approximate surface area is 342 Å². The number of nitrogens with zero attached hydrogens (tertiary/aromatic N) is 6. The van der Waals surface area contributed by atoms with E-state index in [0.29, 0.717) is 23.0 Å². The summed E-state index contributed by atoms with van der Waals surface area (Å²) in [7, 11) is 0. The van der Waals surface area contributed by atoms with E-state index < -0.39 is 0 Å². The molecule has 10 aromatic rings. The first-order valence-corrected chi connectivity index (χ1v) is 19.6. The van der Waals surface area contributed by atoms with E-state index in [4.69, 9.17) is 15.0 Å². The van der Waals surface area contributed by atoms with E-state index in [1.165, 1.54) is 5.39 Å². The lowest BCUT2D eigenvalue weighted by molar-refractivity contribution is 1.07.